The number of carboxylic acids is 1. The standard InChI is InChI=1S/C18H20N6O5/c1-2-24-16(17(26)19-9-13-4-3-7-29-13)14(10-21-24)22-15(25)5-6-23-11-12(8-20-23)18(27)28/h3-4,7-8,10-11H,2,5-6,9H2,1H3,(H,19,26)(H,22,25)(H,27,28). The third kappa shape index (κ3) is 4.89. The highest BCUT2D eigenvalue weighted by Crippen LogP contribution is 2.16. The van der Waals surface area contributed by atoms with Gasteiger partial charge < -0.3 is 20.2 Å². The Morgan fingerprint density at radius 2 is 2.07 bits per heavy atom. The Morgan fingerprint density at radius 1 is 1.24 bits per heavy atom. The van der Waals surface area contributed by atoms with Crippen LogP contribution in [0, 0.1) is 0 Å². The molecule has 11 heteroatoms. The van der Waals surface area contributed by atoms with E-state index in [9.17, 15) is 14.4 Å². The number of furan rings is 1. The van der Waals surface area contributed by atoms with Crippen molar-refractivity contribution in [1.29, 1.82) is 0 Å². The molecule has 3 aromatic heterocycles. The molecule has 3 N–H and O–H groups in total. The molecule has 0 atom stereocenters. The fourth-order valence-electron chi connectivity index (χ4n) is 2.65. The maximum absolute atomic E-state index is 12.6. The first kappa shape index (κ1) is 19.9. The third-order valence-electron chi connectivity index (χ3n) is 4.08. The Bertz CT molecular complexity index is 1000. The van der Waals surface area contributed by atoms with Crippen LogP contribution < -0.4 is 10.6 Å². The van der Waals surface area contributed by atoms with E-state index in [1.165, 1.54) is 34.2 Å². The van der Waals surface area contributed by atoms with Crippen molar-refractivity contribution < 1.29 is 23.9 Å². The number of rotatable bonds is 9. The van der Waals surface area contributed by atoms with Crippen LogP contribution in [0.5, 0.6) is 0 Å². The van der Waals surface area contributed by atoms with Crippen molar-refractivity contribution in [2.75, 3.05) is 5.32 Å². The maximum Gasteiger partial charge on any atom is 0.338 e. The van der Waals surface area contributed by atoms with Gasteiger partial charge in [0.15, 0.2) is 0 Å². The van der Waals surface area contributed by atoms with Crippen molar-refractivity contribution in [1.82, 2.24) is 24.9 Å². The molecule has 29 heavy (non-hydrogen) atoms. The van der Waals surface area contributed by atoms with Gasteiger partial charge in [-0.15, -0.1) is 0 Å². The van der Waals surface area contributed by atoms with Gasteiger partial charge in [0.25, 0.3) is 5.91 Å². The molecule has 0 aliphatic heterocycles. The van der Waals surface area contributed by atoms with Crippen molar-refractivity contribution in [2.45, 2.75) is 33.0 Å². The van der Waals surface area contributed by atoms with Gasteiger partial charge in [0, 0.05) is 25.7 Å². The molecule has 0 saturated carbocycles. The lowest BCUT2D eigenvalue weighted by Crippen LogP contribution is -2.27. The van der Waals surface area contributed by atoms with Gasteiger partial charge in [-0.1, -0.05) is 0 Å². The summed E-state index contributed by atoms with van der Waals surface area (Å²) in [6.45, 7) is 2.69. The normalized spacial score (nSPS) is 10.7. The van der Waals surface area contributed by atoms with Crippen LogP contribution in [0.15, 0.2) is 41.4 Å². The highest BCUT2D eigenvalue weighted by atomic mass is 16.4. The van der Waals surface area contributed by atoms with Gasteiger partial charge in [-0.25, -0.2) is 4.79 Å². The van der Waals surface area contributed by atoms with E-state index in [2.05, 4.69) is 20.8 Å². The number of amides is 2. The smallest absolute Gasteiger partial charge is 0.338 e. The number of hydrogen-bond donors (Lipinski definition) is 3. The van der Waals surface area contributed by atoms with E-state index in [1.54, 1.807) is 12.1 Å². The van der Waals surface area contributed by atoms with E-state index < -0.39 is 11.9 Å². The van der Waals surface area contributed by atoms with Gasteiger partial charge in [0.2, 0.25) is 5.91 Å². The summed E-state index contributed by atoms with van der Waals surface area (Å²) < 4.78 is 8.05. The Balaban J connectivity index is 1.62. The van der Waals surface area contributed by atoms with Crippen LogP contribution in [0.3, 0.4) is 0 Å². The monoisotopic (exact) mass is 400 g/mol. The predicted molar refractivity (Wildman–Crippen MR) is 100 cm³/mol. The Labute approximate surface area is 165 Å². The van der Waals surface area contributed by atoms with Crippen LogP contribution in [0.2, 0.25) is 0 Å². The van der Waals surface area contributed by atoms with Crippen LogP contribution >= 0.6 is 0 Å². The van der Waals surface area contributed by atoms with Gasteiger partial charge in [0.1, 0.15) is 11.5 Å². The maximum atomic E-state index is 12.6. The summed E-state index contributed by atoms with van der Waals surface area (Å²) in [4.78, 5) is 35.8. The quantitative estimate of drug-likeness (QED) is 0.492. The first-order chi connectivity index (χ1) is 14.0. The van der Waals surface area contributed by atoms with Gasteiger partial charge in [-0.3, -0.25) is 19.0 Å². The fraction of sp³-hybridized carbons (Fsp3) is 0.278. The van der Waals surface area contributed by atoms with Crippen LogP contribution in [-0.4, -0.2) is 42.5 Å². The van der Waals surface area contributed by atoms with Gasteiger partial charge >= 0.3 is 5.97 Å². The molecular formula is C18H20N6O5. The van der Waals surface area contributed by atoms with E-state index in [1.807, 2.05) is 6.92 Å². The summed E-state index contributed by atoms with van der Waals surface area (Å²) >= 11 is 0. The van der Waals surface area contributed by atoms with Gasteiger partial charge in [-0.05, 0) is 19.1 Å². The predicted octanol–water partition coefficient (Wildman–Crippen LogP) is 1.35. The van der Waals surface area contributed by atoms with Crippen molar-refractivity contribution in [3.63, 3.8) is 0 Å². The Kier molecular flexibility index (Phi) is 6.07. The topological polar surface area (TPSA) is 144 Å². The number of nitrogens with zero attached hydrogens (tertiary/aromatic N) is 4. The molecule has 11 nitrogen and oxygen atoms in total. The molecule has 0 aliphatic carbocycles. The summed E-state index contributed by atoms with van der Waals surface area (Å²) in [7, 11) is 0. The van der Waals surface area contributed by atoms with E-state index in [4.69, 9.17) is 9.52 Å². The number of hydrogen-bond acceptors (Lipinski definition) is 6. The molecule has 152 valence electrons. The molecule has 0 aliphatic rings. The van der Waals surface area contributed by atoms with Crippen LogP contribution in [-0.2, 0) is 24.4 Å². The number of nitrogens with one attached hydrogen (secondary N) is 2. The molecule has 0 unspecified atom stereocenters. The second kappa shape index (κ2) is 8.87. The number of aromatic carboxylic acids is 1. The minimum absolute atomic E-state index is 0.0464. The van der Waals surface area contributed by atoms with Crippen molar-refractivity contribution in [3.05, 3.63) is 54.0 Å². The van der Waals surface area contributed by atoms with Crippen LogP contribution in [0.1, 0.15) is 40.0 Å². The molecule has 0 aromatic carbocycles. The number of anilines is 1. The lowest BCUT2D eigenvalue weighted by molar-refractivity contribution is -0.116. The Hall–Kier alpha value is -3.89. The zero-order valence-electron chi connectivity index (χ0n) is 15.7. The molecule has 0 radical (unpaired) electrons. The number of aromatic nitrogens is 4. The lowest BCUT2D eigenvalue weighted by Gasteiger charge is -2.09. The van der Waals surface area contributed by atoms with E-state index >= 15 is 0 Å². The number of aryl methyl sites for hydroxylation is 2. The minimum Gasteiger partial charge on any atom is -0.478 e. The van der Waals surface area contributed by atoms with Crippen molar-refractivity contribution in [3.8, 4) is 0 Å². The third-order valence-corrected chi connectivity index (χ3v) is 4.08. The first-order valence-electron chi connectivity index (χ1n) is 8.90. The average molecular weight is 400 g/mol. The second-order valence-electron chi connectivity index (χ2n) is 6.08. The second-order valence-corrected chi connectivity index (χ2v) is 6.08. The number of carboxylic acid groups (broad SMARTS) is 1. The van der Waals surface area contributed by atoms with Crippen molar-refractivity contribution in [2.24, 2.45) is 0 Å². The molecular weight excluding hydrogens is 380 g/mol. The zero-order valence-corrected chi connectivity index (χ0v) is 15.7. The molecule has 0 spiro atoms. The summed E-state index contributed by atoms with van der Waals surface area (Å²) in [6, 6.07) is 3.47. The molecule has 3 aromatic rings. The summed E-state index contributed by atoms with van der Waals surface area (Å²) in [5, 5.41) is 22.3. The first-order valence-corrected chi connectivity index (χ1v) is 8.90. The van der Waals surface area contributed by atoms with E-state index in [0.717, 1.165) is 0 Å². The zero-order chi connectivity index (χ0) is 20.8. The largest absolute Gasteiger partial charge is 0.478 e. The number of carbonyl (C=O) groups excluding carboxylic acids is 2. The average Bonchev–Trinajstić information content (AvgIpc) is 3.44. The number of carbonyl (C=O) groups is 3. The SMILES string of the molecule is CCn1ncc(NC(=O)CCn2cc(C(=O)O)cn2)c1C(=O)NCc1ccco1. The van der Waals surface area contributed by atoms with E-state index in [-0.39, 0.29) is 36.7 Å². The summed E-state index contributed by atoms with van der Waals surface area (Å²) in [5.74, 6) is -1.23. The molecule has 0 fully saturated rings. The Morgan fingerprint density at radius 3 is 2.72 bits per heavy atom. The molecule has 2 amide bonds. The molecule has 3 heterocycles. The highest BCUT2D eigenvalue weighted by molar-refractivity contribution is 6.02. The van der Waals surface area contributed by atoms with Gasteiger partial charge in [0.05, 0.1) is 36.5 Å². The summed E-state index contributed by atoms with van der Waals surface area (Å²) in [5.41, 5.74) is 0.574. The fourth-order valence-corrected chi connectivity index (χ4v) is 2.65. The highest BCUT2D eigenvalue weighted by Gasteiger charge is 2.20. The molecule has 0 bridgehead atoms. The molecule has 0 saturated heterocycles. The van der Waals surface area contributed by atoms with Crippen LogP contribution in [0.4, 0.5) is 5.69 Å². The molecule has 3 rings (SSSR count). The van der Waals surface area contributed by atoms with Crippen LogP contribution in [0.25, 0.3) is 0 Å². The summed E-state index contributed by atoms with van der Waals surface area (Å²) in [6.07, 6.45) is 5.54. The van der Waals surface area contributed by atoms with Crippen molar-refractivity contribution >= 4 is 23.5 Å². The minimum atomic E-state index is -1.09. The lowest BCUT2D eigenvalue weighted by atomic mass is 10.3. The van der Waals surface area contributed by atoms with E-state index in [0.29, 0.717) is 18.0 Å². The van der Waals surface area contributed by atoms with Gasteiger partial charge in [-0.2, -0.15) is 10.2 Å².